The van der Waals surface area contributed by atoms with Crippen LogP contribution in [0.25, 0.3) is 0 Å². The van der Waals surface area contributed by atoms with Gasteiger partial charge in [0.25, 0.3) is 0 Å². The number of nitrogens with one attached hydrogen (secondary N) is 1. The molecule has 0 aromatic rings. The first-order valence-electron chi connectivity index (χ1n) is 5.88. The van der Waals surface area contributed by atoms with Gasteiger partial charge >= 0.3 is 6.03 Å². The monoisotopic (exact) mass is 230 g/mol. The summed E-state index contributed by atoms with van der Waals surface area (Å²) in [5.74, 6) is 0. The molecule has 0 aromatic heterocycles. The first-order valence-corrected chi connectivity index (χ1v) is 5.88. The molecular formula is C11H22N2O3. The fraction of sp³-hybridized carbons (Fsp3) is 0.909. The van der Waals surface area contributed by atoms with E-state index in [9.17, 15) is 4.79 Å². The molecule has 0 saturated carbocycles. The van der Waals surface area contributed by atoms with Gasteiger partial charge in [0, 0.05) is 26.7 Å². The molecule has 1 aliphatic rings. The summed E-state index contributed by atoms with van der Waals surface area (Å²) in [4.78, 5) is 13.0. The van der Waals surface area contributed by atoms with Crippen molar-refractivity contribution in [2.45, 2.75) is 38.4 Å². The van der Waals surface area contributed by atoms with Crippen LogP contribution in [0.3, 0.4) is 0 Å². The van der Waals surface area contributed by atoms with Crippen molar-refractivity contribution in [1.82, 2.24) is 10.2 Å². The molecule has 16 heavy (non-hydrogen) atoms. The number of urea groups is 1. The Kier molecular flexibility index (Phi) is 5.55. The summed E-state index contributed by atoms with van der Waals surface area (Å²) in [6.07, 6.45) is 2.91. The number of likely N-dealkylation sites (N-methyl/N-ethyl adjacent to an activating group) is 1. The van der Waals surface area contributed by atoms with E-state index in [1.165, 1.54) is 4.90 Å². The van der Waals surface area contributed by atoms with E-state index in [1.54, 1.807) is 14.0 Å². The van der Waals surface area contributed by atoms with Crippen molar-refractivity contribution in [1.29, 1.82) is 0 Å². The third-order valence-electron chi connectivity index (χ3n) is 2.65. The number of carbonyl (C=O) groups excluding carboxylic acids is 1. The number of rotatable bonds is 5. The second-order valence-corrected chi connectivity index (χ2v) is 4.39. The summed E-state index contributed by atoms with van der Waals surface area (Å²) in [6.45, 7) is 3.50. The lowest BCUT2D eigenvalue weighted by molar-refractivity contribution is 0.103. The van der Waals surface area contributed by atoms with Crippen LogP contribution in [0.15, 0.2) is 0 Å². The lowest BCUT2D eigenvalue weighted by Crippen LogP contribution is -2.41. The Labute approximate surface area is 96.8 Å². The molecule has 1 saturated heterocycles. The Bertz CT molecular complexity index is 215. The number of aliphatic hydroxyl groups is 1. The maximum atomic E-state index is 11.5. The van der Waals surface area contributed by atoms with Crippen LogP contribution in [0.4, 0.5) is 4.79 Å². The average molecular weight is 230 g/mol. The summed E-state index contributed by atoms with van der Waals surface area (Å²) < 4.78 is 5.45. The molecule has 2 atom stereocenters. The average Bonchev–Trinajstić information content (AvgIpc) is 2.69. The van der Waals surface area contributed by atoms with Gasteiger partial charge in [-0.25, -0.2) is 4.79 Å². The number of aliphatic hydroxyl groups excluding tert-OH is 1. The third kappa shape index (κ3) is 4.81. The quantitative estimate of drug-likeness (QED) is 0.726. The van der Waals surface area contributed by atoms with E-state index < -0.39 is 6.10 Å². The normalized spacial score (nSPS) is 21.8. The zero-order valence-corrected chi connectivity index (χ0v) is 10.1. The van der Waals surface area contributed by atoms with E-state index in [4.69, 9.17) is 9.84 Å². The van der Waals surface area contributed by atoms with Gasteiger partial charge < -0.3 is 20.1 Å². The second-order valence-electron chi connectivity index (χ2n) is 4.39. The topological polar surface area (TPSA) is 61.8 Å². The molecular weight excluding hydrogens is 208 g/mol. The molecule has 1 aliphatic heterocycles. The molecule has 1 rings (SSSR count). The molecule has 2 N–H and O–H groups in total. The van der Waals surface area contributed by atoms with E-state index in [0.29, 0.717) is 19.2 Å². The van der Waals surface area contributed by atoms with E-state index in [0.717, 1.165) is 25.9 Å². The highest BCUT2D eigenvalue weighted by atomic mass is 16.5. The van der Waals surface area contributed by atoms with Gasteiger partial charge in [0.05, 0.1) is 12.2 Å². The van der Waals surface area contributed by atoms with Crippen molar-refractivity contribution in [3.05, 3.63) is 0 Å². The SMILES string of the molecule is CC(O)CN(C)C(=O)NCCC1CCCO1. The minimum atomic E-state index is -0.492. The van der Waals surface area contributed by atoms with Crippen LogP contribution in [0.1, 0.15) is 26.2 Å². The van der Waals surface area contributed by atoms with Gasteiger partial charge in [-0.15, -0.1) is 0 Å². The predicted octanol–water partition coefficient (Wildman–Crippen LogP) is 0.578. The molecule has 2 amide bonds. The van der Waals surface area contributed by atoms with Crippen molar-refractivity contribution in [2.75, 3.05) is 26.7 Å². The standard InChI is InChI=1S/C11H22N2O3/c1-9(14)8-13(2)11(15)12-6-5-10-4-3-7-16-10/h9-10,14H,3-8H2,1-2H3,(H,12,15). The maximum Gasteiger partial charge on any atom is 0.317 e. The Balaban J connectivity index is 2.09. The predicted molar refractivity (Wildman–Crippen MR) is 61.3 cm³/mol. The molecule has 0 aromatic carbocycles. The Morgan fingerprint density at radius 2 is 2.44 bits per heavy atom. The van der Waals surface area contributed by atoms with Crippen LogP contribution in [0.5, 0.6) is 0 Å². The van der Waals surface area contributed by atoms with Crippen molar-refractivity contribution in [3.8, 4) is 0 Å². The van der Waals surface area contributed by atoms with Crippen LogP contribution in [0, 0.1) is 0 Å². The molecule has 2 unspecified atom stereocenters. The molecule has 0 radical (unpaired) electrons. The Morgan fingerprint density at radius 1 is 1.69 bits per heavy atom. The summed E-state index contributed by atoms with van der Waals surface area (Å²) >= 11 is 0. The minimum Gasteiger partial charge on any atom is -0.392 e. The highest BCUT2D eigenvalue weighted by Crippen LogP contribution is 2.14. The summed E-state index contributed by atoms with van der Waals surface area (Å²) in [7, 11) is 1.67. The number of hydrogen-bond donors (Lipinski definition) is 2. The van der Waals surface area contributed by atoms with E-state index in [2.05, 4.69) is 5.32 Å². The molecule has 0 spiro atoms. The number of amides is 2. The summed E-state index contributed by atoms with van der Waals surface area (Å²) in [6, 6.07) is -0.140. The van der Waals surface area contributed by atoms with Gasteiger partial charge in [-0.1, -0.05) is 0 Å². The van der Waals surface area contributed by atoms with Gasteiger partial charge in [-0.05, 0) is 26.2 Å². The van der Waals surface area contributed by atoms with Crippen LogP contribution in [-0.4, -0.2) is 55.0 Å². The number of ether oxygens (including phenoxy) is 1. The summed E-state index contributed by atoms with van der Waals surface area (Å²) in [5.41, 5.74) is 0. The van der Waals surface area contributed by atoms with Crippen LogP contribution >= 0.6 is 0 Å². The van der Waals surface area contributed by atoms with Crippen molar-refractivity contribution in [3.63, 3.8) is 0 Å². The number of hydrogen-bond acceptors (Lipinski definition) is 3. The van der Waals surface area contributed by atoms with Gasteiger partial charge in [0.1, 0.15) is 0 Å². The molecule has 1 heterocycles. The van der Waals surface area contributed by atoms with Gasteiger partial charge in [0.2, 0.25) is 0 Å². The highest BCUT2D eigenvalue weighted by molar-refractivity contribution is 5.73. The fourth-order valence-electron chi connectivity index (χ4n) is 1.83. The number of nitrogens with zero attached hydrogens (tertiary/aromatic N) is 1. The van der Waals surface area contributed by atoms with E-state index in [1.807, 2.05) is 0 Å². The zero-order valence-electron chi connectivity index (χ0n) is 10.1. The summed E-state index contributed by atoms with van der Waals surface area (Å²) in [5, 5.41) is 11.9. The smallest absolute Gasteiger partial charge is 0.317 e. The zero-order chi connectivity index (χ0) is 12.0. The first kappa shape index (κ1) is 13.3. The maximum absolute atomic E-state index is 11.5. The van der Waals surface area contributed by atoms with Crippen LogP contribution in [-0.2, 0) is 4.74 Å². The Morgan fingerprint density at radius 3 is 3.00 bits per heavy atom. The minimum absolute atomic E-state index is 0.140. The Hall–Kier alpha value is -0.810. The number of carbonyl (C=O) groups is 1. The van der Waals surface area contributed by atoms with Crippen molar-refractivity contribution >= 4 is 6.03 Å². The van der Waals surface area contributed by atoms with Gasteiger partial charge in [-0.2, -0.15) is 0 Å². The molecule has 94 valence electrons. The first-order chi connectivity index (χ1) is 7.59. The van der Waals surface area contributed by atoms with Gasteiger partial charge in [0.15, 0.2) is 0 Å². The van der Waals surface area contributed by atoms with Crippen LogP contribution < -0.4 is 5.32 Å². The van der Waals surface area contributed by atoms with Gasteiger partial charge in [-0.3, -0.25) is 0 Å². The lowest BCUT2D eigenvalue weighted by Gasteiger charge is -2.19. The molecule has 1 fully saturated rings. The third-order valence-corrected chi connectivity index (χ3v) is 2.65. The molecule has 5 nitrogen and oxygen atoms in total. The lowest BCUT2D eigenvalue weighted by atomic mass is 10.2. The highest BCUT2D eigenvalue weighted by Gasteiger charge is 2.16. The second kappa shape index (κ2) is 6.70. The van der Waals surface area contributed by atoms with E-state index >= 15 is 0 Å². The van der Waals surface area contributed by atoms with E-state index in [-0.39, 0.29) is 6.03 Å². The largest absolute Gasteiger partial charge is 0.392 e. The van der Waals surface area contributed by atoms with Crippen molar-refractivity contribution < 1.29 is 14.6 Å². The molecule has 5 heteroatoms. The fourth-order valence-corrected chi connectivity index (χ4v) is 1.83. The van der Waals surface area contributed by atoms with Crippen LogP contribution in [0.2, 0.25) is 0 Å². The molecule has 0 bridgehead atoms. The molecule has 0 aliphatic carbocycles. The van der Waals surface area contributed by atoms with Crippen molar-refractivity contribution in [2.24, 2.45) is 0 Å².